The fourth-order valence-corrected chi connectivity index (χ4v) is 4.73. The van der Waals surface area contributed by atoms with Gasteiger partial charge in [-0.1, -0.05) is 76.5 Å². The molecule has 0 spiro atoms. The van der Waals surface area contributed by atoms with Crippen molar-refractivity contribution in [1.82, 2.24) is 0 Å². The van der Waals surface area contributed by atoms with E-state index >= 15 is 0 Å². The summed E-state index contributed by atoms with van der Waals surface area (Å²) in [5.74, 6) is -2.82. The van der Waals surface area contributed by atoms with Crippen LogP contribution in [-0.4, -0.2) is 77.4 Å². The molecule has 0 fully saturated rings. The Bertz CT molecular complexity index is 926. The van der Waals surface area contributed by atoms with Gasteiger partial charge < -0.3 is 30.3 Å². The average molecular weight is 664 g/mol. The molecule has 0 aliphatic rings. The number of aldehydes is 1. The Labute approximate surface area is 267 Å². The second-order valence-electron chi connectivity index (χ2n) is 10.8. The summed E-state index contributed by atoms with van der Waals surface area (Å²) in [6, 6.07) is -1.57. The molecule has 0 saturated carbocycles. The molecule has 0 aliphatic heterocycles. The van der Waals surface area contributed by atoms with Gasteiger partial charge in [0.05, 0.1) is 19.3 Å². The van der Waals surface area contributed by atoms with E-state index in [4.69, 9.17) is 24.8 Å². The number of phosphoric acid groups is 1. The molecule has 0 aromatic rings. The number of aliphatic carboxylic acids is 1. The number of allylic oxidation sites excluding steroid dienone is 3. The molecule has 260 valence electrons. The molecule has 0 aliphatic carbocycles. The number of hydrogen-bond acceptors (Lipinski definition) is 11. The van der Waals surface area contributed by atoms with Crippen molar-refractivity contribution >= 4 is 32.0 Å². The lowest BCUT2D eigenvalue weighted by Crippen LogP contribution is -2.34. The third-order valence-corrected chi connectivity index (χ3v) is 7.54. The van der Waals surface area contributed by atoms with Crippen LogP contribution in [0.3, 0.4) is 0 Å². The molecule has 0 bridgehead atoms. The van der Waals surface area contributed by atoms with E-state index in [1.54, 1.807) is 0 Å². The van der Waals surface area contributed by atoms with Gasteiger partial charge in [-0.15, -0.1) is 0 Å². The van der Waals surface area contributed by atoms with Crippen molar-refractivity contribution < 1.29 is 57.4 Å². The third kappa shape index (κ3) is 27.6. The van der Waals surface area contributed by atoms with Gasteiger partial charge >= 0.3 is 25.7 Å². The second-order valence-corrected chi connectivity index (χ2v) is 12.2. The molecule has 0 aromatic carbocycles. The lowest BCUT2D eigenvalue weighted by atomic mass is 10.1. The number of aliphatic hydroxyl groups is 1. The molecule has 0 heterocycles. The van der Waals surface area contributed by atoms with Crippen molar-refractivity contribution in [2.75, 3.05) is 19.8 Å². The second kappa shape index (κ2) is 27.9. The molecule has 45 heavy (non-hydrogen) atoms. The normalized spacial score (nSPS) is 15.0. The summed E-state index contributed by atoms with van der Waals surface area (Å²) in [4.78, 5) is 55.4. The molecule has 0 saturated heterocycles. The molecule has 14 heteroatoms. The van der Waals surface area contributed by atoms with E-state index in [0.717, 1.165) is 44.6 Å². The topological polar surface area (TPSA) is 209 Å². The number of esters is 2. The van der Waals surface area contributed by atoms with Crippen LogP contribution in [0.2, 0.25) is 0 Å². The molecular weight excluding hydrogens is 609 g/mol. The van der Waals surface area contributed by atoms with E-state index in [-0.39, 0.29) is 19.3 Å². The largest absolute Gasteiger partial charge is 0.480 e. The molecule has 0 aromatic heterocycles. The van der Waals surface area contributed by atoms with Crippen LogP contribution < -0.4 is 5.73 Å². The Balaban J connectivity index is 4.46. The Morgan fingerprint density at radius 2 is 1.40 bits per heavy atom. The minimum atomic E-state index is -4.78. The molecule has 2 unspecified atom stereocenters. The highest BCUT2D eigenvalue weighted by atomic mass is 31.2. The number of aliphatic hydroxyl groups excluding tert-OH is 1. The van der Waals surface area contributed by atoms with Crippen LogP contribution in [0.1, 0.15) is 110 Å². The number of carboxylic acid groups (broad SMARTS) is 1. The van der Waals surface area contributed by atoms with E-state index in [1.807, 2.05) is 0 Å². The maximum atomic E-state index is 12.2. The van der Waals surface area contributed by atoms with Crippen LogP contribution in [0.4, 0.5) is 0 Å². The highest BCUT2D eigenvalue weighted by Gasteiger charge is 2.28. The fourth-order valence-electron chi connectivity index (χ4n) is 3.96. The van der Waals surface area contributed by atoms with Gasteiger partial charge in [0.2, 0.25) is 0 Å². The minimum absolute atomic E-state index is 0.0687. The smallest absolute Gasteiger partial charge is 0.472 e. The molecule has 4 atom stereocenters. The molecule has 0 radical (unpaired) electrons. The Morgan fingerprint density at radius 1 is 0.822 bits per heavy atom. The van der Waals surface area contributed by atoms with Gasteiger partial charge in [-0.3, -0.25) is 28.2 Å². The predicted molar refractivity (Wildman–Crippen MR) is 168 cm³/mol. The van der Waals surface area contributed by atoms with Crippen molar-refractivity contribution in [1.29, 1.82) is 0 Å². The van der Waals surface area contributed by atoms with Gasteiger partial charge in [-0.05, 0) is 44.6 Å². The SMILES string of the molecule is CCCCCCCC/C=C\CCCCCCCC(=O)OC[C@H](COP(=O)(O)OC[C@H](N)C(=O)O)OC(=O)CCC(O)/C=C/C=O. The van der Waals surface area contributed by atoms with Gasteiger partial charge in [0.15, 0.2) is 6.10 Å². The highest BCUT2D eigenvalue weighted by molar-refractivity contribution is 7.47. The van der Waals surface area contributed by atoms with Crippen LogP contribution >= 0.6 is 7.82 Å². The van der Waals surface area contributed by atoms with Gasteiger partial charge in [0.1, 0.15) is 18.9 Å². The number of nitrogens with two attached hydrogens (primary N) is 1. The number of hydrogen-bond donors (Lipinski definition) is 4. The van der Waals surface area contributed by atoms with E-state index in [2.05, 4.69) is 23.6 Å². The summed E-state index contributed by atoms with van der Waals surface area (Å²) < 4.78 is 31.8. The molecule has 5 N–H and O–H groups in total. The number of carbonyl (C=O) groups excluding carboxylic acids is 3. The third-order valence-electron chi connectivity index (χ3n) is 6.59. The van der Waals surface area contributed by atoms with Gasteiger partial charge in [-0.25, -0.2) is 4.57 Å². The van der Waals surface area contributed by atoms with Crippen LogP contribution in [-0.2, 0) is 42.3 Å². The number of phosphoric ester groups is 1. The minimum Gasteiger partial charge on any atom is -0.480 e. The van der Waals surface area contributed by atoms with Crippen LogP contribution in [0, 0.1) is 0 Å². The summed E-state index contributed by atoms with van der Waals surface area (Å²) in [7, 11) is -4.78. The first-order valence-corrected chi connectivity index (χ1v) is 17.4. The zero-order valence-electron chi connectivity index (χ0n) is 26.6. The highest BCUT2D eigenvalue weighted by Crippen LogP contribution is 2.43. The maximum absolute atomic E-state index is 12.2. The standard InChI is InChI=1S/C31H54NO12P/c1-2-3-4-5-6-7-8-9-10-11-12-13-14-15-16-19-29(35)41-23-27(44-30(36)21-20-26(34)18-17-22-33)24-42-45(39,40)43-25-28(32)31(37)38/h9-10,17-18,22,26-28,34H,2-8,11-16,19-21,23-25,32H2,1H3,(H,37,38)(H,39,40)/b10-9-,18-17+/t26?,27-,28+/m1/s1. The van der Waals surface area contributed by atoms with Crippen LogP contribution in [0.5, 0.6) is 0 Å². The number of rotatable bonds is 30. The summed E-state index contributed by atoms with van der Waals surface area (Å²) in [5, 5.41) is 18.5. The number of carboxylic acids is 1. The van der Waals surface area contributed by atoms with Gasteiger partial charge in [-0.2, -0.15) is 0 Å². The van der Waals surface area contributed by atoms with E-state index in [9.17, 15) is 33.7 Å². The van der Waals surface area contributed by atoms with Crippen molar-refractivity contribution in [2.24, 2.45) is 5.73 Å². The summed E-state index contributed by atoms with van der Waals surface area (Å²) >= 11 is 0. The summed E-state index contributed by atoms with van der Waals surface area (Å²) in [5.41, 5.74) is 5.24. The number of ether oxygens (including phenoxy) is 2. The summed E-state index contributed by atoms with van der Waals surface area (Å²) in [6.07, 6.45) is 19.3. The number of unbranched alkanes of at least 4 members (excludes halogenated alkanes) is 11. The summed E-state index contributed by atoms with van der Waals surface area (Å²) in [6.45, 7) is 0.220. The first kappa shape index (κ1) is 42.6. The van der Waals surface area contributed by atoms with Crippen LogP contribution in [0.15, 0.2) is 24.3 Å². The van der Waals surface area contributed by atoms with Crippen molar-refractivity contribution in [3.63, 3.8) is 0 Å². The van der Waals surface area contributed by atoms with Crippen LogP contribution in [0.25, 0.3) is 0 Å². The molecule has 0 rings (SSSR count). The zero-order chi connectivity index (χ0) is 33.8. The van der Waals surface area contributed by atoms with Crippen molar-refractivity contribution in [3.05, 3.63) is 24.3 Å². The van der Waals surface area contributed by atoms with E-state index in [0.29, 0.717) is 12.7 Å². The average Bonchev–Trinajstić information content (AvgIpc) is 3.00. The maximum Gasteiger partial charge on any atom is 0.472 e. The zero-order valence-corrected chi connectivity index (χ0v) is 27.5. The Morgan fingerprint density at radius 3 is 2.00 bits per heavy atom. The predicted octanol–water partition coefficient (Wildman–Crippen LogP) is 4.92. The number of carbonyl (C=O) groups is 4. The molecule has 13 nitrogen and oxygen atoms in total. The quantitative estimate of drug-likeness (QED) is 0.0201. The first-order valence-electron chi connectivity index (χ1n) is 15.9. The fraction of sp³-hybridized carbons (Fsp3) is 0.742. The monoisotopic (exact) mass is 663 g/mol. The molecule has 0 amide bonds. The lowest BCUT2D eigenvalue weighted by molar-refractivity contribution is -0.161. The Kier molecular flexibility index (Phi) is 26.4. The van der Waals surface area contributed by atoms with E-state index in [1.165, 1.54) is 44.6 Å². The first-order chi connectivity index (χ1) is 21.5. The lowest BCUT2D eigenvalue weighted by Gasteiger charge is -2.20. The Hall–Kier alpha value is -2.41. The van der Waals surface area contributed by atoms with Crippen molar-refractivity contribution in [3.8, 4) is 0 Å². The van der Waals surface area contributed by atoms with E-state index < -0.39 is 63.8 Å². The van der Waals surface area contributed by atoms with Crippen molar-refractivity contribution in [2.45, 2.75) is 128 Å². The van der Waals surface area contributed by atoms with Gasteiger partial charge in [0, 0.05) is 12.8 Å². The molecular formula is C31H54NO12P. The van der Waals surface area contributed by atoms with Gasteiger partial charge in [0.25, 0.3) is 0 Å².